The third-order valence-electron chi connectivity index (χ3n) is 7.57. The number of alkyl halides is 2. The van der Waals surface area contributed by atoms with Gasteiger partial charge in [-0.2, -0.15) is 0 Å². The van der Waals surface area contributed by atoms with E-state index in [-0.39, 0.29) is 29.9 Å². The van der Waals surface area contributed by atoms with E-state index in [1.807, 2.05) is 0 Å². The smallest absolute Gasteiger partial charge is 0.270 e. The molecule has 3 atom stereocenters. The molecule has 3 fully saturated rings. The van der Waals surface area contributed by atoms with E-state index in [0.29, 0.717) is 16.8 Å². The summed E-state index contributed by atoms with van der Waals surface area (Å²) in [6.45, 7) is 0. The number of H-pyrrole nitrogens is 1. The van der Waals surface area contributed by atoms with Gasteiger partial charge in [0.25, 0.3) is 5.91 Å². The standard InChI is InChI=1S/C14H22F2.C10H9N3O2/c15-14(16)6-4-10(5-7-14)13-8-11-2-1-3-12(11)9-13;1-11-10(15)9-8-6(2-4-13-9)12-5-3-7(8)14/h10-13H,1-9H2;2-5H,1H3,(H,11,15)(H,12,14)/t11-,12+,13?;. The average Bonchev–Trinajstić information content (AvgIpc) is 3.36. The van der Waals surface area contributed by atoms with E-state index in [0.717, 1.165) is 30.6 Å². The summed E-state index contributed by atoms with van der Waals surface area (Å²) in [4.78, 5) is 29.8. The molecular formula is C24H31F2N3O2. The number of hydrogen-bond donors (Lipinski definition) is 2. The van der Waals surface area contributed by atoms with Crippen LogP contribution in [-0.4, -0.2) is 28.8 Å². The zero-order valence-corrected chi connectivity index (χ0v) is 18.0. The minimum atomic E-state index is -2.34. The number of carbonyl (C=O) groups excluding carboxylic acids is 1. The van der Waals surface area contributed by atoms with Gasteiger partial charge in [-0.05, 0) is 55.4 Å². The quantitative estimate of drug-likeness (QED) is 0.709. The van der Waals surface area contributed by atoms with Crippen LogP contribution in [0.4, 0.5) is 8.78 Å². The minimum absolute atomic E-state index is 0.150. The maximum absolute atomic E-state index is 13.1. The van der Waals surface area contributed by atoms with Crippen molar-refractivity contribution in [2.75, 3.05) is 7.05 Å². The normalized spacial score (nSPS) is 27.4. The van der Waals surface area contributed by atoms with E-state index in [1.165, 1.54) is 57.6 Å². The van der Waals surface area contributed by atoms with Gasteiger partial charge in [0.1, 0.15) is 5.69 Å². The monoisotopic (exact) mass is 431 g/mol. The number of aromatic nitrogens is 2. The molecule has 0 bridgehead atoms. The van der Waals surface area contributed by atoms with Gasteiger partial charge >= 0.3 is 0 Å². The summed E-state index contributed by atoms with van der Waals surface area (Å²) < 4.78 is 26.2. The molecule has 0 aromatic carbocycles. The van der Waals surface area contributed by atoms with Crippen LogP contribution in [0.25, 0.3) is 10.9 Å². The van der Waals surface area contributed by atoms with Gasteiger partial charge in [0, 0.05) is 38.3 Å². The van der Waals surface area contributed by atoms with Crippen molar-refractivity contribution in [3.8, 4) is 0 Å². The van der Waals surface area contributed by atoms with Crippen molar-refractivity contribution in [3.05, 3.63) is 40.4 Å². The van der Waals surface area contributed by atoms with Crippen LogP contribution in [0.3, 0.4) is 0 Å². The number of nitrogens with one attached hydrogen (secondary N) is 2. The van der Waals surface area contributed by atoms with Crippen molar-refractivity contribution in [1.29, 1.82) is 0 Å². The Morgan fingerprint density at radius 2 is 1.74 bits per heavy atom. The first-order valence-electron chi connectivity index (χ1n) is 11.4. The van der Waals surface area contributed by atoms with Crippen LogP contribution in [-0.2, 0) is 0 Å². The van der Waals surface area contributed by atoms with Crippen LogP contribution in [0.1, 0.15) is 68.3 Å². The Morgan fingerprint density at radius 3 is 2.39 bits per heavy atom. The van der Waals surface area contributed by atoms with E-state index in [4.69, 9.17) is 0 Å². The predicted octanol–water partition coefficient (Wildman–Crippen LogP) is 4.92. The highest BCUT2D eigenvalue weighted by molar-refractivity contribution is 6.03. The Bertz CT molecular complexity index is 963. The molecule has 168 valence electrons. The lowest BCUT2D eigenvalue weighted by atomic mass is 9.77. The van der Waals surface area contributed by atoms with Crippen LogP contribution >= 0.6 is 0 Å². The van der Waals surface area contributed by atoms with Gasteiger partial charge in [0.15, 0.2) is 5.43 Å². The Balaban J connectivity index is 0.000000150. The summed E-state index contributed by atoms with van der Waals surface area (Å²) in [6.07, 6.45) is 11.9. The van der Waals surface area contributed by atoms with E-state index >= 15 is 0 Å². The first kappa shape index (κ1) is 21.9. The van der Waals surface area contributed by atoms with Gasteiger partial charge in [-0.15, -0.1) is 0 Å². The largest absolute Gasteiger partial charge is 0.361 e. The maximum Gasteiger partial charge on any atom is 0.270 e. The second-order valence-electron chi connectivity index (χ2n) is 9.38. The second kappa shape index (κ2) is 9.05. The van der Waals surface area contributed by atoms with Crippen LogP contribution in [0.15, 0.2) is 29.3 Å². The highest BCUT2D eigenvalue weighted by Crippen LogP contribution is 2.52. The summed E-state index contributed by atoms with van der Waals surface area (Å²) in [7, 11) is 1.50. The zero-order valence-electron chi connectivity index (χ0n) is 18.0. The van der Waals surface area contributed by atoms with Gasteiger partial charge in [-0.3, -0.25) is 14.6 Å². The minimum Gasteiger partial charge on any atom is -0.361 e. The number of hydrogen-bond acceptors (Lipinski definition) is 3. The summed E-state index contributed by atoms with van der Waals surface area (Å²) in [6, 6.07) is 3.03. The Morgan fingerprint density at radius 1 is 1.06 bits per heavy atom. The molecule has 2 N–H and O–H groups in total. The fraction of sp³-hybridized carbons (Fsp3) is 0.625. The zero-order chi connectivity index (χ0) is 22.0. The van der Waals surface area contributed by atoms with Crippen molar-refractivity contribution in [3.63, 3.8) is 0 Å². The molecule has 0 saturated heterocycles. The molecule has 2 heterocycles. The molecule has 1 amide bonds. The number of nitrogens with zero attached hydrogens (tertiary/aromatic N) is 1. The van der Waals surface area contributed by atoms with E-state index in [2.05, 4.69) is 15.3 Å². The number of halogens is 2. The Hall–Kier alpha value is -2.31. The second-order valence-corrected chi connectivity index (χ2v) is 9.38. The van der Waals surface area contributed by atoms with E-state index < -0.39 is 5.92 Å². The SMILES string of the molecule is CNC(=O)c1nccc2[nH]ccc(=O)c12.FC1(F)CCC(C2C[C@H]3CCC[C@H]3C2)CC1. The molecule has 2 aromatic rings. The molecule has 3 aliphatic carbocycles. The van der Waals surface area contributed by atoms with E-state index in [9.17, 15) is 18.4 Å². The molecule has 31 heavy (non-hydrogen) atoms. The fourth-order valence-corrected chi connectivity index (χ4v) is 5.94. The molecule has 2 aromatic heterocycles. The van der Waals surface area contributed by atoms with Crippen molar-refractivity contribution in [2.24, 2.45) is 23.7 Å². The molecule has 3 saturated carbocycles. The molecule has 0 radical (unpaired) electrons. The highest BCUT2D eigenvalue weighted by Gasteiger charge is 2.43. The van der Waals surface area contributed by atoms with Gasteiger partial charge in [0.2, 0.25) is 5.92 Å². The summed E-state index contributed by atoms with van der Waals surface area (Å²) in [5.41, 5.74) is 0.545. The molecule has 0 aliphatic heterocycles. The number of pyridine rings is 2. The Labute approximate surface area is 181 Å². The van der Waals surface area contributed by atoms with E-state index in [1.54, 1.807) is 6.07 Å². The molecule has 5 nitrogen and oxygen atoms in total. The summed E-state index contributed by atoms with van der Waals surface area (Å²) in [5.74, 6) is 0.652. The Kier molecular flexibility index (Phi) is 6.39. The number of carbonyl (C=O) groups is 1. The topological polar surface area (TPSA) is 74.8 Å². The van der Waals surface area contributed by atoms with Crippen molar-refractivity contribution >= 4 is 16.8 Å². The molecular weight excluding hydrogens is 400 g/mol. The van der Waals surface area contributed by atoms with Crippen LogP contribution in [0.5, 0.6) is 0 Å². The molecule has 5 rings (SSSR count). The lowest BCUT2D eigenvalue weighted by Crippen LogP contribution is -2.27. The van der Waals surface area contributed by atoms with Crippen molar-refractivity contribution in [2.45, 2.75) is 63.7 Å². The lowest BCUT2D eigenvalue weighted by molar-refractivity contribution is -0.0523. The number of aromatic amines is 1. The summed E-state index contributed by atoms with van der Waals surface area (Å²) in [5, 5.41) is 2.77. The molecule has 3 aliphatic rings. The van der Waals surface area contributed by atoms with Gasteiger partial charge in [0.05, 0.1) is 10.9 Å². The molecule has 7 heteroatoms. The molecule has 1 unspecified atom stereocenters. The van der Waals surface area contributed by atoms with Crippen LogP contribution in [0.2, 0.25) is 0 Å². The average molecular weight is 432 g/mol. The van der Waals surface area contributed by atoms with Gasteiger partial charge < -0.3 is 10.3 Å². The lowest BCUT2D eigenvalue weighted by Gasteiger charge is -2.32. The van der Waals surface area contributed by atoms with Crippen LogP contribution in [0, 0.1) is 23.7 Å². The number of rotatable bonds is 2. The van der Waals surface area contributed by atoms with Crippen LogP contribution < -0.4 is 10.7 Å². The predicted molar refractivity (Wildman–Crippen MR) is 116 cm³/mol. The maximum atomic E-state index is 13.1. The fourth-order valence-electron chi connectivity index (χ4n) is 5.94. The highest BCUT2D eigenvalue weighted by atomic mass is 19.3. The summed E-state index contributed by atoms with van der Waals surface area (Å²) >= 11 is 0. The third-order valence-corrected chi connectivity index (χ3v) is 7.57. The third kappa shape index (κ3) is 4.80. The van der Waals surface area contributed by atoms with Gasteiger partial charge in [-0.25, -0.2) is 8.78 Å². The molecule has 0 spiro atoms. The van der Waals surface area contributed by atoms with Crippen molar-refractivity contribution in [1.82, 2.24) is 15.3 Å². The van der Waals surface area contributed by atoms with Gasteiger partial charge in [-0.1, -0.05) is 19.3 Å². The van der Waals surface area contributed by atoms with Crippen molar-refractivity contribution < 1.29 is 13.6 Å². The number of amides is 1. The number of fused-ring (bicyclic) bond motifs is 2. The first-order chi connectivity index (χ1) is 14.9. The first-order valence-corrected chi connectivity index (χ1v) is 11.4.